The van der Waals surface area contributed by atoms with Crippen LogP contribution in [0.3, 0.4) is 0 Å². The Balaban J connectivity index is 1.58. The Hall–Kier alpha value is -1.04. The Bertz CT molecular complexity index is 532. The minimum Gasteiger partial charge on any atom is -0.374 e. The molecule has 3 fully saturated rings. The van der Waals surface area contributed by atoms with Gasteiger partial charge in [-0.05, 0) is 19.5 Å². The zero-order chi connectivity index (χ0) is 14.4. The topological polar surface area (TPSA) is 31.8 Å². The van der Waals surface area contributed by atoms with Crippen molar-refractivity contribution in [3.63, 3.8) is 0 Å². The fourth-order valence-electron chi connectivity index (χ4n) is 3.54. The van der Waals surface area contributed by atoms with Gasteiger partial charge in [0.05, 0.1) is 18.8 Å². The van der Waals surface area contributed by atoms with Gasteiger partial charge < -0.3 is 19.4 Å². The molecule has 2 unspecified atom stereocenters. The van der Waals surface area contributed by atoms with Crippen LogP contribution in [0.2, 0.25) is 5.15 Å². The van der Waals surface area contributed by atoms with Crippen LogP contribution in [0.5, 0.6) is 0 Å². The molecule has 3 aliphatic heterocycles. The van der Waals surface area contributed by atoms with E-state index in [0.717, 1.165) is 51.6 Å². The van der Waals surface area contributed by atoms with E-state index in [4.69, 9.17) is 16.3 Å². The van der Waals surface area contributed by atoms with Crippen LogP contribution in [0.4, 0.5) is 11.5 Å². The van der Waals surface area contributed by atoms with E-state index in [1.54, 1.807) is 0 Å². The van der Waals surface area contributed by atoms with E-state index in [1.807, 2.05) is 6.07 Å². The fourth-order valence-corrected chi connectivity index (χ4v) is 3.74. The van der Waals surface area contributed by atoms with Crippen LogP contribution in [-0.2, 0) is 4.74 Å². The number of aromatic nitrogens is 1. The second kappa shape index (κ2) is 5.30. The SMILES string of the molecule is CN1CCN(c2cc(Cl)nc(N3CC4CC3CO4)c2)CC1. The average molecular weight is 309 g/mol. The molecule has 3 saturated heterocycles. The number of rotatable bonds is 2. The van der Waals surface area contributed by atoms with Gasteiger partial charge in [-0.15, -0.1) is 0 Å². The quantitative estimate of drug-likeness (QED) is 0.772. The van der Waals surface area contributed by atoms with Crippen molar-refractivity contribution in [2.24, 2.45) is 0 Å². The number of pyridine rings is 1. The Kier molecular flexibility index (Phi) is 3.44. The van der Waals surface area contributed by atoms with E-state index in [0.29, 0.717) is 17.3 Å². The number of hydrogen-bond donors (Lipinski definition) is 0. The third-order valence-corrected chi connectivity index (χ3v) is 5.02. The molecule has 6 heteroatoms. The Morgan fingerprint density at radius 1 is 1.24 bits per heavy atom. The Labute approximate surface area is 130 Å². The number of hydrogen-bond acceptors (Lipinski definition) is 5. The van der Waals surface area contributed by atoms with Gasteiger partial charge in [-0.3, -0.25) is 0 Å². The molecule has 0 spiro atoms. The maximum Gasteiger partial charge on any atom is 0.133 e. The second-order valence-electron chi connectivity index (χ2n) is 6.29. The summed E-state index contributed by atoms with van der Waals surface area (Å²) < 4.78 is 5.67. The van der Waals surface area contributed by atoms with E-state index in [9.17, 15) is 0 Å². The van der Waals surface area contributed by atoms with Gasteiger partial charge in [-0.1, -0.05) is 11.6 Å². The molecule has 3 aliphatic rings. The maximum atomic E-state index is 6.27. The minimum atomic E-state index is 0.378. The first-order valence-electron chi connectivity index (χ1n) is 7.68. The third-order valence-electron chi connectivity index (χ3n) is 4.83. The van der Waals surface area contributed by atoms with Crippen LogP contribution >= 0.6 is 11.6 Å². The number of likely N-dealkylation sites (N-methyl/N-ethyl adjacent to an activating group) is 1. The predicted molar refractivity (Wildman–Crippen MR) is 84.4 cm³/mol. The van der Waals surface area contributed by atoms with E-state index in [-0.39, 0.29) is 0 Å². The lowest BCUT2D eigenvalue weighted by molar-refractivity contribution is 0.0989. The van der Waals surface area contributed by atoms with Crippen molar-refractivity contribution in [3.05, 3.63) is 17.3 Å². The molecule has 2 atom stereocenters. The largest absolute Gasteiger partial charge is 0.374 e. The summed E-state index contributed by atoms with van der Waals surface area (Å²) in [7, 11) is 2.17. The van der Waals surface area contributed by atoms with Crippen LogP contribution in [0.1, 0.15) is 6.42 Å². The predicted octanol–water partition coefficient (Wildman–Crippen LogP) is 1.46. The summed E-state index contributed by atoms with van der Waals surface area (Å²) in [6.45, 7) is 6.05. The summed E-state index contributed by atoms with van der Waals surface area (Å²) in [5, 5.41) is 0.588. The van der Waals surface area contributed by atoms with Crippen LogP contribution < -0.4 is 9.80 Å². The first-order chi connectivity index (χ1) is 10.2. The minimum absolute atomic E-state index is 0.378. The molecule has 0 N–H and O–H groups in total. The van der Waals surface area contributed by atoms with Crippen molar-refractivity contribution < 1.29 is 4.74 Å². The molecule has 0 aromatic carbocycles. The molecule has 21 heavy (non-hydrogen) atoms. The van der Waals surface area contributed by atoms with E-state index < -0.39 is 0 Å². The molecule has 4 rings (SSSR count). The smallest absolute Gasteiger partial charge is 0.133 e. The fraction of sp³-hybridized carbons (Fsp3) is 0.667. The van der Waals surface area contributed by atoms with Crippen molar-refractivity contribution >= 4 is 23.1 Å². The number of fused-ring (bicyclic) bond motifs is 2. The van der Waals surface area contributed by atoms with Crippen molar-refractivity contribution in [1.82, 2.24) is 9.88 Å². The summed E-state index contributed by atoms with van der Waals surface area (Å²) >= 11 is 6.27. The molecule has 0 radical (unpaired) electrons. The van der Waals surface area contributed by atoms with Gasteiger partial charge in [-0.25, -0.2) is 4.98 Å². The van der Waals surface area contributed by atoms with E-state index in [2.05, 4.69) is 32.8 Å². The highest BCUT2D eigenvalue weighted by Gasteiger charge is 2.39. The Morgan fingerprint density at radius 3 is 2.71 bits per heavy atom. The van der Waals surface area contributed by atoms with Gasteiger partial charge >= 0.3 is 0 Å². The molecule has 5 nitrogen and oxygen atoms in total. The molecule has 0 saturated carbocycles. The molecule has 0 aliphatic carbocycles. The van der Waals surface area contributed by atoms with Crippen LogP contribution in [0.25, 0.3) is 0 Å². The van der Waals surface area contributed by atoms with Gasteiger partial charge in [0.15, 0.2) is 0 Å². The number of anilines is 2. The summed E-state index contributed by atoms with van der Waals surface area (Å²) in [6, 6.07) is 4.65. The van der Waals surface area contributed by atoms with Gasteiger partial charge in [0.2, 0.25) is 0 Å². The molecule has 114 valence electrons. The summed E-state index contributed by atoms with van der Waals surface area (Å²) in [5.41, 5.74) is 1.20. The Morgan fingerprint density at radius 2 is 2.05 bits per heavy atom. The highest BCUT2D eigenvalue weighted by atomic mass is 35.5. The van der Waals surface area contributed by atoms with Crippen molar-refractivity contribution in [2.75, 3.05) is 56.2 Å². The highest BCUT2D eigenvalue weighted by molar-refractivity contribution is 6.29. The molecule has 0 amide bonds. The summed E-state index contributed by atoms with van der Waals surface area (Å²) in [6.07, 6.45) is 1.50. The monoisotopic (exact) mass is 308 g/mol. The number of nitrogens with zero attached hydrogens (tertiary/aromatic N) is 4. The average Bonchev–Trinajstić information content (AvgIpc) is 3.10. The zero-order valence-corrected chi connectivity index (χ0v) is 13.1. The number of halogens is 1. The zero-order valence-electron chi connectivity index (χ0n) is 12.3. The molecule has 4 heterocycles. The molecule has 2 bridgehead atoms. The van der Waals surface area contributed by atoms with Crippen LogP contribution in [0, 0.1) is 0 Å². The highest BCUT2D eigenvalue weighted by Crippen LogP contribution is 2.34. The van der Waals surface area contributed by atoms with E-state index >= 15 is 0 Å². The standard InChI is InChI=1S/C15H21ClN4O/c1-18-2-4-19(5-3-18)11-7-14(16)17-15(8-11)20-9-13-6-12(20)10-21-13/h7-8,12-13H,2-6,9-10H2,1H3. The normalized spacial score (nSPS) is 29.4. The first-order valence-corrected chi connectivity index (χ1v) is 8.06. The van der Waals surface area contributed by atoms with Crippen LogP contribution in [-0.4, -0.2) is 68.4 Å². The summed E-state index contributed by atoms with van der Waals surface area (Å²) in [4.78, 5) is 11.7. The van der Waals surface area contributed by atoms with Crippen molar-refractivity contribution in [3.8, 4) is 0 Å². The maximum absolute atomic E-state index is 6.27. The van der Waals surface area contributed by atoms with Crippen molar-refractivity contribution in [1.29, 1.82) is 0 Å². The van der Waals surface area contributed by atoms with Crippen LogP contribution in [0.15, 0.2) is 12.1 Å². The third kappa shape index (κ3) is 2.58. The second-order valence-corrected chi connectivity index (χ2v) is 6.68. The number of ether oxygens (including phenoxy) is 1. The van der Waals surface area contributed by atoms with E-state index in [1.165, 1.54) is 5.69 Å². The molecule has 1 aromatic rings. The lowest BCUT2D eigenvalue weighted by Gasteiger charge is -2.35. The van der Waals surface area contributed by atoms with Gasteiger partial charge in [0, 0.05) is 44.5 Å². The lowest BCUT2D eigenvalue weighted by Crippen LogP contribution is -2.44. The molecular weight excluding hydrogens is 288 g/mol. The van der Waals surface area contributed by atoms with Gasteiger partial charge in [0.1, 0.15) is 11.0 Å². The van der Waals surface area contributed by atoms with Gasteiger partial charge in [-0.2, -0.15) is 0 Å². The number of piperazine rings is 1. The molecule has 1 aromatic heterocycles. The molecular formula is C15H21ClN4O. The first kappa shape index (κ1) is 13.6. The summed E-state index contributed by atoms with van der Waals surface area (Å²) in [5.74, 6) is 1.01. The van der Waals surface area contributed by atoms with Gasteiger partial charge in [0.25, 0.3) is 0 Å². The number of morpholine rings is 1. The van der Waals surface area contributed by atoms with Crippen molar-refractivity contribution in [2.45, 2.75) is 18.6 Å². The lowest BCUT2D eigenvalue weighted by atomic mass is 10.2.